The van der Waals surface area contributed by atoms with E-state index >= 15 is 0 Å². The van der Waals surface area contributed by atoms with Crippen LogP contribution in [0.2, 0.25) is 0 Å². The maximum absolute atomic E-state index is 13.5. The molecule has 1 amide bonds. The predicted octanol–water partition coefficient (Wildman–Crippen LogP) is 3.78. The first kappa shape index (κ1) is 20.3. The predicted molar refractivity (Wildman–Crippen MR) is 126 cm³/mol. The molecule has 2 aromatic heterocycles. The number of nitrogens with one attached hydrogen (secondary N) is 1. The smallest absolute Gasteiger partial charge is 0.257 e. The van der Waals surface area contributed by atoms with Gasteiger partial charge in [-0.1, -0.05) is 42.5 Å². The van der Waals surface area contributed by atoms with Gasteiger partial charge in [0.25, 0.3) is 5.91 Å². The molecule has 0 saturated carbocycles. The van der Waals surface area contributed by atoms with E-state index in [1.165, 1.54) is 5.56 Å². The maximum atomic E-state index is 13.5. The van der Waals surface area contributed by atoms with Crippen molar-refractivity contribution in [3.8, 4) is 0 Å². The van der Waals surface area contributed by atoms with E-state index in [2.05, 4.69) is 27.1 Å². The van der Waals surface area contributed by atoms with Gasteiger partial charge in [-0.3, -0.25) is 9.48 Å². The number of carbonyl (C=O) groups excluding carboxylic acids is 1. The summed E-state index contributed by atoms with van der Waals surface area (Å²) >= 11 is 0. The number of anilines is 1. The summed E-state index contributed by atoms with van der Waals surface area (Å²) in [6.07, 6.45) is 0.902. The van der Waals surface area contributed by atoms with Crippen molar-refractivity contribution in [1.29, 1.82) is 0 Å². The highest BCUT2D eigenvalue weighted by molar-refractivity contribution is 5.96. The number of fused-ring (bicyclic) bond motifs is 1. The largest absolute Gasteiger partial charge is 0.341 e. The van der Waals surface area contributed by atoms with E-state index in [9.17, 15) is 4.79 Å². The number of imidazole rings is 1. The van der Waals surface area contributed by atoms with Crippen LogP contribution in [0.5, 0.6) is 0 Å². The van der Waals surface area contributed by atoms with Gasteiger partial charge in [0.05, 0.1) is 28.8 Å². The van der Waals surface area contributed by atoms with Crippen LogP contribution < -0.4 is 4.90 Å². The average molecular weight is 429 g/mol. The number of para-hydroxylation sites is 2. The molecule has 1 fully saturated rings. The van der Waals surface area contributed by atoms with Crippen LogP contribution in [0.25, 0.3) is 11.0 Å². The summed E-state index contributed by atoms with van der Waals surface area (Å²) in [5, 5.41) is 4.68. The standard InChI is InChI=1S/C25H28N6O/c1-18-23(19(2)31(28-18)17-20-9-4-3-5-10-20)24(32)29-13-8-14-30(16-15-29)25-26-21-11-6-7-12-22(21)27-25/h3-7,9-12H,8,13-17H2,1-2H3,(H,26,27). The van der Waals surface area contributed by atoms with Crippen molar-refractivity contribution >= 4 is 22.9 Å². The third kappa shape index (κ3) is 3.86. The second-order valence-electron chi connectivity index (χ2n) is 8.40. The lowest BCUT2D eigenvalue weighted by atomic mass is 10.1. The number of aromatic amines is 1. The highest BCUT2D eigenvalue weighted by Crippen LogP contribution is 2.21. The number of rotatable bonds is 4. The Balaban J connectivity index is 1.32. The number of H-pyrrole nitrogens is 1. The highest BCUT2D eigenvalue weighted by Gasteiger charge is 2.26. The Kier molecular flexibility index (Phi) is 5.39. The van der Waals surface area contributed by atoms with Gasteiger partial charge in [-0.05, 0) is 38.0 Å². The molecule has 0 radical (unpaired) electrons. The van der Waals surface area contributed by atoms with Gasteiger partial charge in [0.1, 0.15) is 0 Å². The van der Waals surface area contributed by atoms with Crippen LogP contribution in [-0.2, 0) is 6.54 Å². The molecule has 1 N–H and O–H groups in total. The number of hydrogen-bond acceptors (Lipinski definition) is 4. The van der Waals surface area contributed by atoms with Crippen molar-refractivity contribution in [3.63, 3.8) is 0 Å². The van der Waals surface area contributed by atoms with Crippen molar-refractivity contribution in [1.82, 2.24) is 24.6 Å². The summed E-state index contributed by atoms with van der Waals surface area (Å²) in [7, 11) is 0. The number of aromatic nitrogens is 4. The molecule has 0 unspecified atom stereocenters. The van der Waals surface area contributed by atoms with Crippen LogP contribution in [0.3, 0.4) is 0 Å². The third-order valence-electron chi connectivity index (χ3n) is 6.23. The van der Waals surface area contributed by atoms with Crippen molar-refractivity contribution in [2.45, 2.75) is 26.8 Å². The van der Waals surface area contributed by atoms with E-state index in [-0.39, 0.29) is 5.91 Å². The highest BCUT2D eigenvalue weighted by atomic mass is 16.2. The fraction of sp³-hybridized carbons (Fsp3) is 0.320. The van der Waals surface area contributed by atoms with Crippen LogP contribution in [-0.4, -0.2) is 56.7 Å². The normalized spacial score (nSPS) is 14.7. The van der Waals surface area contributed by atoms with E-state index in [4.69, 9.17) is 4.98 Å². The molecule has 1 saturated heterocycles. The van der Waals surface area contributed by atoms with E-state index in [1.54, 1.807) is 0 Å². The van der Waals surface area contributed by atoms with Crippen molar-refractivity contribution in [2.75, 3.05) is 31.1 Å². The Hall–Kier alpha value is -3.61. The molecular weight excluding hydrogens is 400 g/mol. The molecule has 0 aliphatic carbocycles. The Bertz CT molecular complexity index is 1210. The van der Waals surface area contributed by atoms with E-state index in [0.717, 1.165) is 60.0 Å². The Morgan fingerprint density at radius 3 is 2.56 bits per heavy atom. The van der Waals surface area contributed by atoms with Gasteiger partial charge in [-0.15, -0.1) is 0 Å². The third-order valence-corrected chi connectivity index (χ3v) is 6.23. The van der Waals surface area contributed by atoms with Gasteiger partial charge in [-0.2, -0.15) is 5.10 Å². The zero-order valence-electron chi connectivity index (χ0n) is 18.6. The second kappa shape index (κ2) is 8.49. The van der Waals surface area contributed by atoms with Crippen molar-refractivity contribution in [3.05, 3.63) is 77.1 Å². The fourth-order valence-electron chi connectivity index (χ4n) is 4.50. The lowest BCUT2D eigenvalue weighted by Crippen LogP contribution is -2.36. The minimum atomic E-state index is 0.0748. The SMILES string of the molecule is Cc1nn(Cc2ccccc2)c(C)c1C(=O)N1CCCN(c2nc3ccccc3[nH]2)CC1. The Morgan fingerprint density at radius 2 is 1.75 bits per heavy atom. The van der Waals surface area contributed by atoms with Crippen molar-refractivity contribution < 1.29 is 4.79 Å². The van der Waals surface area contributed by atoms with Crippen LogP contribution in [0, 0.1) is 13.8 Å². The molecule has 7 nitrogen and oxygen atoms in total. The molecule has 164 valence electrons. The zero-order valence-corrected chi connectivity index (χ0v) is 18.6. The molecule has 1 aliphatic heterocycles. The monoisotopic (exact) mass is 428 g/mol. The molecular formula is C25H28N6O. The lowest BCUT2D eigenvalue weighted by Gasteiger charge is -2.22. The molecule has 0 bridgehead atoms. The topological polar surface area (TPSA) is 70.1 Å². The van der Waals surface area contributed by atoms with Gasteiger partial charge in [0, 0.05) is 31.9 Å². The molecule has 2 aromatic carbocycles. The molecule has 3 heterocycles. The van der Waals surface area contributed by atoms with Gasteiger partial charge in [0.15, 0.2) is 0 Å². The Morgan fingerprint density at radius 1 is 0.969 bits per heavy atom. The molecule has 0 spiro atoms. The van der Waals surface area contributed by atoms with Crippen LogP contribution in [0.15, 0.2) is 54.6 Å². The number of benzene rings is 2. The summed E-state index contributed by atoms with van der Waals surface area (Å²) in [5.74, 6) is 0.953. The van der Waals surface area contributed by atoms with Gasteiger partial charge in [0.2, 0.25) is 5.95 Å². The van der Waals surface area contributed by atoms with E-state index in [0.29, 0.717) is 13.1 Å². The van der Waals surface area contributed by atoms with Crippen LogP contribution >= 0.6 is 0 Å². The molecule has 1 aliphatic rings. The summed E-state index contributed by atoms with van der Waals surface area (Å²) in [6.45, 7) is 7.61. The quantitative estimate of drug-likeness (QED) is 0.537. The molecule has 5 rings (SSSR count). The number of nitrogens with zero attached hydrogens (tertiary/aromatic N) is 5. The first-order valence-corrected chi connectivity index (χ1v) is 11.2. The summed E-state index contributed by atoms with van der Waals surface area (Å²) < 4.78 is 1.94. The second-order valence-corrected chi connectivity index (χ2v) is 8.40. The zero-order chi connectivity index (χ0) is 22.1. The maximum Gasteiger partial charge on any atom is 0.257 e. The minimum absolute atomic E-state index is 0.0748. The summed E-state index contributed by atoms with van der Waals surface area (Å²) in [5.41, 5.74) is 5.64. The van der Waals surface area contributed by atoms with Gasteiger partial charge in [-0.25, -0.2) is 4.98 Å². The summed E-state index contributed by atoms with van der Waals surface area (Å²) in [4.78, 5) is 25.8. The summed E-state index contributed by atoms with van der Waals surface area (Å²) in [6, 6.07) is 18.3. The van der Waals surface area contributed by atoms with E-state index in [1.807, 2.05) is 65.9 Å². The van der Waals surface area contributed by atoms with Crippen molar-refractivity contribution in [2.24, 2.45) is 0 Å². The van der Waals surface area contributed by atoms with Gasteiger partial charge >= 0.3 is 0 Å². The van der Waals surface area contributed by atoms with Crippen LogP contribution in [0.1, 0.15) is 33.7 Å². The molecule has 32 heavy (non-hydrogen) atoms. The Labute approximate surface area is 187 Å². The number of hydrogen-bond donors (Lipinski definition) is 1. The number of amides is 1. The number of aryl methyl sites for hydroxylation is 1. The first-order valence-electron chi connectivity index (χ1n) is 11.2. The van der Waals surface area contributed by atoms with Gasteiger partial charge < -0.3 is 14.8 Å². The van der Waals surface area contributed by atoms with E-state index < -0.39 is 0 Å². The molecule has 0 atom stereocenters. The lowest BCUT2D eigenvalue weighted by molar-refractivity contribution is 0.0765. The number of carbonyl (C=O) groups is 1. The van der Waals surface area contributed by atoms with Crippen LogP contribution in [0.4, 0.5) is 5.95 Å². The minimum Gasteiger partial charge on any atom is -0.341 e. The first-order chi connectivity index (χ1) is 15.6. The fourth-order valence-corrected chi connectivity index (χ4v) is 4.50. The molecule has 4 aromatic rings. The average Bonchev–Trinajstić information content (AvgIpc) is 3.24. The molecule has 7 heteroatoms.